The molecule has 0 unspecified atom stereocenters. The van der Waals surface area contributed by atoms with Gasteiger partial charge in [0.2, 0.25) is 5.82 Å². The predicted octanol–water partition coefficient (Wildman–Crippen LogP) is 8.78. The zero-order valence-corrected chi connectivity index (χ0v) is 21.4. The highest BCUT2D eigenvalue weighted by Gasteiger charge is 2.27. The first-order valence-electron chi connectivity index (χ1n) is 12.9. The fourth-order valence-corrected chi connectivity index (χ4v) is 5.05. The van der Waals surface area contributed by atoms with Crippen LogP contribution in [-0.4, -0.2) is 12.7 Å². The molecule has 3 aromatic carbocycles. The number of ether oxygens (including phenoxy) is 2. The molecule has 8 heteroatoms. The second-order valence-electron chi connectivity index (χ2n) is 9.55. The number of hydrogen-bond donors (Lipinski definition) is 0. The van der Waals surface area contributed by atoms with Crippen molar-refractivity contribution in [1.29, 1.82) is 0 Å². The Hall–Kier alpha value is -3.00. The van der Waals surface area contributed by atoms with Crippen molar-refractivity contribution in [3.05, 3.63) is 88.0 Å². The molecule has 38 heavy (non-hydrogen) atoms. The van der Waals surface area contributed by atoms with Crippen LogP contribution in [0.4, 0.5) is 26.3 Å². The second kappa shape index (κ2) is 12.2. The first-order chi connectivity index (χ1) is 18.3. The highest BCUT2D eigenvalue weighted by molar-refractivity contribution is 5.66. The summed E-state index contributed by atoms with van der Waals surface area (Å²) >= 11 is 0. The van der Waals surface area contributed by atoms with E-state index in [-0.39, 0.29) is 36.5 Å². The van der Waals surface area contributed by atoms with E-state index >= 15 is 0 Å². The molecule has 2 nitrogen and oxygen atoms in total. The van der Waals surface area contributed by atoms with Crippen LogP contribution < -0.4 is 4.74 Å². The lowest BCUT2D eigenvalue weighted by Crippen LogP contribution is -2.22. The average molecular weight is 537 g/mol. The molecule has 0 amide bonds. The summed E-state index contributed by atoms with van der Waals surface area (Å²) in [5.74, 6) is -7.12. The lowest BCUT2D eigenvalue weighted by Gasteiger charge is -2.29. The van der Waals surface area contributed by atoms with Gasteiger partial charge in [0.25, 0.3) is 0 Å². The Labute approximate surface area is 218 Å². The molecule has 1 aliphatic rings. The second-order valence-corrected chi connectivity index (χ2v) is 9.55. The quantitative estimate of drug-likeness (QED) is 0.255. The van der Waals surface area contributed by atoms with Gasteiger partial charge in [0.1, 0.15) is 0 Å². The predicted molar refractivity (Wildman–Crippen MR) is 133 cm³/mol. The Morgan fingerprint density at radius 3 is 1.92 bits per heavy atom. The zero-order valence-electron chi connectivity index (χ0n) is 21.4. The third-order valence-electron chi connectivity index (χ3n) is 7.10. The molecule has 0 saturated heterocycles. The van der Waals surface area contributed by atoms with Gasteiger partial charge in [0.15, 0.2) is 34.8 Å². The van der Waals surface area contributed by atoms with E-state index in [1.54, 1.807) is 19.1 Å². The fraction of sp³-hybridized carbons (Fsp3) is 0.400. The smallest absolute Gasteiger partial charge is 0.201 e. The Morgan fingerprint density at radius 2 is 1.26 bits per heavy atom. The van der Waals surface area contributed by atoms with Gasteiger partial charge in [-0.3, -0.25) is 0 Å². The fourth-order valence-electron chi connectivity index (χ4n) is 5.05. The Kier molecular flexibility index (Phi) is 9.03. The van der Waals surface area contributed by atoms with E-state index in [9.17, 15) is 26.3 Å². The van der Waals surface area contributed by atoms with Crippen LogP contribution >= 0.6 is 0 Å². The Morgan fingerprint density at radius 1 is 0.658 bits per heavy atom. The summed E-state index contributed by atoms with van der Waals surface area (Å²) in [5, 5.41) is 0. The van der Waals surface area contributed by atoms with Gasteiger partial charge in [-0.05, 0) is 68.2 Å². The van der Waals surface area contributed by atoms with Crippen LogP contribution in [-0.2, 0) is 17.8 Å². The molecule has 0 bridgehead atoms. The minimum atomic E-state index is -1.33. The van der Waals surface area contributed by atoms with Crippen molar-refractivity contribution >= 4 is 0 Å². The van der Waals surface area contributed by atoms with Crippen LogP contribution in [0.1, 0.15) is 68.6 Å². The molecular weight excluding hydrogens is 506 g/mol. The van der Waals surface area contributed by atoms with E-state index in [1.807, 2.05) is 6.92 Å². The first-order valence-corrected chi connectivity index (χ1v) is 12.9. The maximum Gasteiger partial charge on any atom is 0.201 e. The topological polar surface area (TPSA) is 18.5 Å². The molecule has 0 spiro atoms. The summed E-state index contributed by atoms with van der Waals surface area (Å²) in [4.78, 5) is 0. The first kappa shape index (κ1) is 28.0. The van der Waals surface area contributed by atoms with Crippen LogP contribution in [0.5, 0.6) is 5.75 Å². The van der Waals surface area contributed by atoms with E-state index in [1.165, 1.54) is 18.2 Å². The summed E-state index contributed by atoms with van der Waals surface area (Å²) in [7, 11) is 0. The molecule has 1 saturated carbocycles. The van der Waals surface area contributed by atoms with Gasteiger partial charge in [-0.15, -0.1) is 0 Å². The van der Waals surface area contributed by atoms with Crippen molar-refractivity contribution in [2.45, 2.75) is 71.0 Å². The minimum absolute atomic E-state index is 0.0557. The largest absolute Gasteiger partial charge is 0.491 e. The number of hydrogen-bond acceptors (Lipinski definition) is 2. The van der Waals surface area contributed by atoms with E-state index < -0.39 is 46.0 Å². The van der Waals surface area contributed by atoms with Crippen molar-refractivity contribution in [3.8, 4) is 16.9 Å². The van der Waals surface area contributed by atoms with E-state index in [0.717, 1.165) is 12.5 Å². The van der Waals surface area contributed by atoms with Crippen LogP contribution in [0, 0.1) is 34.9 Å². The van der Waals surface area contributed by atoms with E-state index in [4.69, 9.17) is 9.47 Å². The molecule has 0 atom stereocenters. The van der Waals surface area contributed by atoms with Gasteiger partial charge < -0.3 is 9.47 Å². The Bertz CT molecular complexity index is 1280. The van der Waals surface area contributed by atoms with E-state index in [2.05, 4.69) is 0 Å². The van der Waals surface area contributed by atoms with Gasteiger partial charge in [0, 0.05) is 16.7 Å². The van der Waals surface area contributed by atoms with Crippen molar-refractivity contribution in [3.63, 3.8) is 0 Å². The molecule has 0 heterocycles. The summed E-state index contributed by atoms with van der Waals surface area (Å²) in [6.45, 7) is 3.42. The van der Waals surface area contributed by atoms with Gasteiger partial charge in [-0.2, -0.15) is 4.39 Å². The summed E-state index contributed by atoms with van der Waals surface area (Å²) in [6, 6.07) is 8.08. The highest BCUT2D eigenvalue weighted by Crippen LogP contribution is 2.37. The third kappa shape index (κ3) is 5.70. The minimum Gasteiger partial charge on any atom is -0.491 e. The number of halogens is 6. The SMILES string of the molecule is CCCc1ccc(C2CCC(OCc3ccc(-c4ccc(OCC)c(F)c4F)c(F)c3F)CC2)c(F)c1F. The lowest BCUT2D eigenvalue weighted by atomic mass is 9.82. The van der Waals surface area contributed by atoms with Crippen molar-refractivity contribution in [2.75, 3.05) is 6.61 Å². The number of aryl methyl sites for hydroxylation is 1. The molecule has 3 aromatic rings. The van der Waals surface area contributed by atoms with Crippen molar-refractivity contribution < 1.29 is 35.8 Å². The molecule has 1 fully saturated rings. The Balaban J connectivity index is 1.39. The summed E-state index contributed by atoms with van der Waals surface area (Å²) in [6.07, 6.45) is 3.22. The van der Waals surface area contributed by atoms with E-state index in [0.29, 0.717) is 43.2 Å². The van der Waals surface area contributed by atoms with Crippen molar-refractivity contribution in [1.82, 2.24) is 0 Å². The molecule has 0 radical (unpaired) electrons. The van der Waals surface area contributed by atoms with Gasteiger partial charge in [0.05, 0.1) is 19.3 Å². The van der Waals surface area contributed by atoms with Crippen LogP contribution in [0.2, 0.25) is 0 Å². The van der Waals surface area contributed by atoms with Crippen LogP contribution in [0.25, 0.3) is 11.1 Å². The molecular formula is C30H30F6O2. The molecule has 204 valence electrons. The standard InChI is InChI=1S/C30H30F6O2/c1-3-5-18-8-12-21(27(33)25(18)31)17-6-10-20(11-7-17)38-16-19-9-13-22(28(34)26(19)32)23-14-15-24(37-4-2)30(36)29(23)35/h8-9,12-15,17,20H,3-7,10-11,16H2,1-2H3. The average Bonchev–Trinajstić information content (AvgIpc) is 2.92. The maximum atomic E-state index is 14.8. The third-order valence-corrected chi connectivity index (χ3v) is 7.10. The highest BCUT2D eigenvalue weighted by atomic mass is 19.2. The molecule has 0 aromatic heterocycles. The number of benzene rings is 3. The van der Waals surface area contributed by atoms with Gasteiger partial charge in [-0.25, -0.2) is 22.0 Å². The van der Waals surface area contributed by atoms with Crippen LogP contribution in [0.3, 0.4) is 0 Å². The summed E-state index contributed by atoms with van der Waals surface area (Å²) in [5.41, 5.74) is -0.145. The molecule has 0 N–H and O–H groups in total. The van der Waals surface area contributed by atoms with Gasteiger partial charge >= 0.3 is 0 Å². The van der Waals surface area contributed by atoms with Gasteiger partial charge in [-0.1, -0.05) is 37.6 Å². The lowest BCUT2D eigenvalue weighted by molar-refractivity contribution is 0.0116. The molecule has 0 aliphatic heterocycles. The normalized spacial score (nSPS) is 17.6. The molecule has 1 aliphatic carbocycles. The maximum absolute atomic E-state index is 14.8. The number of rotatable bonds is 9. The van der Waals surface area contributed by atoms with Crippen LogP contribution in [0.15, 0.2) is 36.4 Å². The molecule has 4 rings (SSSR count). The zero-order chi connectivity index (χ0) is 27.4. The van der Waals surface area contributed by atoms with Crippen molar-refractivity contribution in [2.24, 2.45) is 0 Å². The monoisotopic (exact) mass is 536 g/mol. The summed E-state index contributed by atoms with van der Waals surface area (Å²) < 4.78 is 98.2.